The van der Waals surface area contributed by atoms with E-state index in [1.54, 1.807) is 24.3 Å². The minimum absolute atomic E-state index is 0.0766. The van der Waals surface area contributed by atoms with Gasteiger partial charge in [0, 0.05) is 19.1 Å². The summed E-state index contributed by atoms with van der Waals surface area (Å²) >= 11 is 0. The van der Waals surface area contributed by atoms with Gasteiger partial charge in [-0.15, -0.1) is 0 Å². The molecular weight excluding hydrogens is 264 g/mol. The molecule has 0 amide bonds. The third-order valence-electron chi connectivity index (χ3n) is 3.60. The van der Waals surface area contributed by atoms with Crippen LogP contribution in [0.4, 0.5) is 0 Å². The molecule has 0 spiro atoms. The Labute approximate surface area is 114 Å². The Morgan fingerprint density at radius 2 is 1.95 bits per heavy atom. The fraction of sp³-hybridized carbons (Fsp3) is 0.538. The van der Waals surface area contributed by atoms with Gasteiger partial charge in [0.25, 0.3) is 0 Å². The standard InChI is InChI=1S/C13H20N2O3S/c1-14(2)12-7-8-15(9-12)19(17,18)13-5-3-11(10-16)4-6-13/h3-6,12,16H,7-10H2,1-2H3. The van der Waals surface area contributed by atoms with E-state index in [1.807, 2.05) is 14.1 Å². The van der Waals surface area contributed by atoms with Crippen molar-refractivity contribution in [1.29, 1.82) is 0 Å². The molecule has 1 heterocycles. The molecule has 1 N–H and O–H groups in total. The lowest BCUT2D eigenvalue weighted by Gasteiger charge is -2.20. The summed E-state index contributed by atoms with van der Waals surface area (Å²) in [5, 5.41) is 8.97. The van der Waals surface area contributed by atoms with Crippen molar-refractivity contribution in [3.8, 4) is 0 Å². The zero-order valence-electron chi connectivity index (χ0n) is 11.3. The molecule has 106 valence electrons. The van der Waals surface area contributed by atoms with Gasteiger partial charge in [-0.3, -0.25) is 0 Å². The van der Waals surface area contributed by atoms with E-state index >= 15 is 0 Å². The molecule has 1 aromatic rings. The first-order valence-electron chi connectivity index (χ1n) is 6.31. The Balaban J connectivity index is 2.18. The minimum Gasteiger partial charge on any atom is -0.392 e. The Morgan fingerprint density at radius 3 is 2.42 bits per heavy atom. The van der Waals surface area contributed by atoms with E-state index in [9.17, 15) is 8.42 Å². The summed E-state index contributed by atoms with van der Waals surface area (Å²) in [6.45, 7) is 1.02. The van der Waals surface area contributed by atoms with Crippen molar-refractivity contribution in [1.82, 2.24) is 9.21 Å². The number of aliphatic hydroxyl groups excluding tert-OH is 1. The molecule has 1 aliphatic rings. The average Bonchev–Trinajstić information content (AvgIpc) is 2.89. The molecule has 6 heteroatoms. The minimum atomic E-state index is -3.41. The molecule has 2 rings (SSSR count). The van der Waals surface area contributed by atoms with Crippen LogP contribution < -0.4 is 0 Å². The van der Waals surface area contributed by atoms with Crippen molar-refractivity contribution in [2.24, 2.45) is 0 Å². The van der Waals surface area contributed by atoms with Gasteiger partial charge in [-0.2, -0.15) is 4.31 Å². The van der Waals surface area contributed by atoms with Gasteiger partial charge in [-0.1, -0.05) is 12.1 Å². The summed E-state index contributed by atoms with van der Waals surface area (Å²) in [4.78, 5) is 2.36. The number of likely N-dealkylation sites (N-methyl/N-ethyl adjacent to an activating group) is 1. The van der Waals surface area contributed by atoms with E-state index in [-0.39, 0.29) is 12.6 Å². The molecule has 0 bridgehead atoms. The summed E-state index contributed by atoms with van der Waals surface area (Å²) in [6.07, 6.45) is 0.862. The van der Waals surface area contributed by atoms with Gasteiger partial charge < -0.3 is 10.0 Å². The molecule has 1 aromatic carbocycles. The van der Waals surface area contributed by atoms with E-state index in [4.69, 9.17) is 5.11 Å². The van der Waals surface area contributed by atoms with Gasteiger partial charge in [0.05, 0.1) is 11.5 Å². The molecule has 1 aliphatic heterocycles. The summed E-state index contributed by atoms with van der Waals surface area (Å²) in [7, 11) is 0.533. The molecule has 0 aromatic heterocycles. The van der Waals surface area contributed by atoms with Gasteiger partial charge in [0.2, 0.25) is 10.0 Å². The van der Waals surface area contributed by atoms with Crippen molar-refractivity contribution in [2.75, 3.05) is 27.2 Å². The van der Waals surface area contributed by atoms with Gasteiger partial charge in [-0.05, 0) is 38.2 Å². The van der Waals surface area contributed by atoms with Crippen LogP contribution in [0.15, 0.2) is 29.2 Å². The van der Waals surface area contributed by atoms with Crippen molar-refractivity contribution in [2.45, 2.75) is 24.0 Å². The smallest absolute Gasteiger partial charge is 0.243 e. The van der Waals surface area contributed by atoms with E-state index in [2.05, 4.69) is 4.90 Å². The van der Waals surface area contributed by atoms with Crippen LogP contribution >= 0.6 is 0 Å². The zero-order valence-corrected chi connectivity index (χ0v) is 12.1. The molecule has 0 saturated carbocycles. The highest BCUT2D eigenvalue weighted by atomic mass is 32.2. The molecule has 1 fully saturated rings. The number of hydrogen-bond donors (Lipinski definition) is 1. The van der Waals surface area contributed by atoms with E-state index < -0.39 is 10.0 Å². The Bertz CT molecular complexity index is 525. The van der Waals surface area contributed by atoms with E-state index in [0.29, 0.717) is 23.5 Å². The third-order valence-corrected chi connectivity index (χ3v) is 5.48. The lowest BCUT2D eigenvalue weighted by molar-refractivity contribution is 0.281. The maximum Gasteiger partial charge on any atom is 0.243 e. The first-order chi connectivity index (χ1) is 8.95. The third kappa shape index (κ3) is 2.97. The molecule has 5 nitrogen and oxygen atoms in total. The van der Waals surface area contributed by atoms with Gasteiger partial charge in [0.1, 0.15) is 0 Å². The normalized spacial score (nSPS) is 21.2. The number of aliphatic hydroxyl groups is 1. The van der Waals surface area contributed by atoms with Crippen LogP contribution in [0.3, 0.4) is 0 Å². The second kappa shape index (κ2) is 5.58. The fourth-order valence-corrected chi connectivity index (χ4v) is 3.76. The second-order valence-corrected chi connectivity index (χ2v) is 7.01. The summed E-state index contributed by atoms with van der Waals surface area (Å²) in [5.41, 5.74) is 0.714. The van der Waals surface area contributed by atoms with Crippen LogP contribution in [0.1, 0.15) is 12.0 Å². The van der Waals surface area contributed by atoms with Crippen LogP contribution in [0.25, 0.3) is 0 Å². The average molecular weight is 284 g/mol. The summed E-state index contributed by atoms with van der Waals surface area (Å²) in [5.74, 6) is 0. The first-order valence-corrected chi connectivity index (χ1v) is 7.75. The monoisotopic (exact) mass is 284 g/mol. The SMILES string of the molecule is CN(C)C1CCN(S(=O)(=O)c2ccc(CO)cc2)C1. The highest BCUT2D eigenvalue weighted by Gasteiger charge is 2.33. The number of hydrogen-bond acceptors (Lipinski definition) is 4. The Hall–Kier alpha value is -0.950. The Kier molecular flexibility index (Phi) is 4.25. The summed E-state index contributed by atoms with van der Waals surface area (Å²) in [6, 6.07) is 6.69. The number of sulfonamides is 1. The molecule has 0 aliphatic carbocycles. The highest BCUT2D eigenvalue weighted by molar-refractivity contribution is 7.89. The number of rotatable bonds is 4. The van der Waals surface area contributed by atoms with Crippen molar-refractivity contribution in [3.05, 3.63) is 29.8 Å². The molecule has 19 heavy (non-hydrogen) atoms. The van der Waals surface area contributed by atoms with Crippen molar-refractivity contribution < 1.29 is 13.5 Å². The predicted octanol–water partition coefficient (Wildman–Crippen LogP) is 0.503. The van der Waals surface area contributed by atoms with Crippen LogP contribution in [0.5, 0.6) is 0 Å². The quantitative estimate of drug-likeness (QED) is 0.875. The second-order valence-electron chi connectivity index (χ2n) is 5.07. The summed E-state index contributed by atoms with van der Waals surface area (Å²) < 4.78 is 26.4. The van der Waals surface area contributed by atoms with Gasteiger partial charge in [0.15, 0.2) is 0 Å². The van der Waals surface area contributed by atoms with Crippen molar-refractivity contribution >= 4 is 10.0 Å². The van der Waals surface area contributed by atoms with Gasteiger partial charge >= 0.3 is 0 Å². The van der Waals surface area contributed by atoms with Crippen LogP contribution in [-0.2, 0) is 16.6 Å². The molecule has 1 unspecified atom stereocenters. The van der Waals surface area contributed by atoms with Crippen LogP contribution in [0.2, 0.25) is 0 Å². The van der Waals surface area contributed by atoms with E-state index in [1.165, 1.54) is 4.31 Å². The molecular formula is C13H20N2O3S. The number of nitrogens with zero attached hydrogens (tertiary/aromatic N) is 2. The maximum absolute atomic E-state index is 12.4. The van der Waals surface area contributed by atoms with Gasteiger partial charge in [-0.25, -0.2) is 8.42 Å². The number of benzene rings is 1. The molecule has 0 radical (unpaired) electrons. The Morgan fingerprint density at radius 1 is 1.32 bits per heavy atom. The van der Waals surface area contributed by atoms with Crippen molar-refractivity contribution in [3.63, 3.8) is 0 Å². The van der Waals surface area contributed by atoms with Crippen LogP contribution in [0, 0.1) is 0 Å². The maximum atomic E-state index is 12.4. The first kappa shape index (κ1) is 14.5. The topological polar surface area (TPSA) is 60.9 Å². The molecule has 1 atom stereocenters. The predicted molar refractivity (Wildman–Crippen MR) is 73.2 cm³/mol. The zero-order chi connectivity index (χ0) is 14.0. The highest BCUT2D eigenvalue weighted by Crippen LogP contribution is 2.23. The largest absolute Gasteiger partial charge is 0.392 e. The van der Waals surface area contributed by atoms with E-state index in [0.717, 1.165) is 6.42 Å². The van der Waals surface area contributed by atoms with Crippen LogP contribution in [-0.4, -0.2) is 56.0 Å². The lowest BCUT2D eigenvalue weighted by Crippen LogP contribution is -2.34. The lowest BCUT2D eigenvalue weighted by atomic mass is 10.2. The fourth-order valence-electron chi connectivity index (χ4n) is 2.27. The molecule has 1 saturated heterocycles.